The van der Waals surface area contributed by atoms with Crippen LogP contribution in [0, 0.1) is 12.8 Å². The van der Waals surface area contributed by atoms with Gasteiger partial charge in [-0.3, -0.25) is 4.79 Å². The summed E-state index contributed by atoms with van der Waals surface area (Å²) in [5.41, 5.74) is 1.21. The number of aromatic nitrogens is 3. The van der Waals surface area contributed by atoms with Gasteiger partial charge in [-0.05, 0) is 18.4 Å². The van der Waals surface area contributed by atoms with Crippen molar-refractivity contribution in [2.75, 3.05) is 5.32 Å². The van der Waals surface area contributed by atoms with Crippen molar-refractivity contribution in [3.63, 3.8) is 0 Å². The van der Waals surface area contributed by atoms with E-state index in [9.17, 15) is 4.79 Å². The molecule has 0 aliphatic heterocycles. The molecule has 0 aliphatic carbocycles. The number of nitrogens with one attached hydrogen (secondary N) is 1. The van der Waals surface area contributed by atoms with Crippen LogP contribution in [0.25, 0.3) is 0 Å². The Hall–Kier alpha value is -1.82. The molecule has 0 saturated carbocycles. The minimum Gasteiger partial charge on any atom is -0.300 e. The maximum absolute atomic E-state index is 11.9. The van der Waals surface area contributed by atoms with Crippen molar-refractivity contribution in [2.45, 2.75) is 40.2 Å². The minimum absolute atomic E-state index is 0.0321. The van der Waals surface area contributed by atoms with Crippen LogP contribution in [0.1, 0.15) is 30.8 Å². The summed E-state index contributed by atoms with van der Waals surface area (Å²) in [4.78, 5) is 11.9. The summed E-state index contributed by atoms with van der Waals surface area (Å²) in [7, 11) is 0. The van der Waals surface area contributed by atoms with Gasteiger partial charge in [-0.1, -0.05) is 25.2 Å². The highest BCUT2D eigenvalue weighted by Gasteiger charge is 2.11. The van der Waals surface area contributed by atoms with Gasteiger partial charge in [-0.15, -0.1) is 10.2 Å². The molecule has 0 saturated heterocycles. The van der Waals surface area contributed by atoms with E-state index in [4.69, 9.17) is 0 Å². The molecule has 1 amide bonds. The van der Waals surface area contributed by atoms with Crippen LogP contribution in [-0.2, 0) is 17.8 Å². The Morgan fingerprint density at radius 2 is 2.05 bits per heavy atom. The molecular weight excluding hydrogens is 284 g/mol. The van der Waals surface area contributed by atoms with Gasteiger partial charge in [0.1, 0.15) is 5.01 Å². The molecule has 0 atom stereocenters. The first kappa shape index (κ1) is 15.6. The van der Waals surface area contributed by atoms with Gasteiger partial charge >= 0.3 is 0 Å². The highest BCUT2D eigenvalue weighted by atomic mass is 32.1. The Morgan fingerprint density at radius 3 is 2.71 bits per heavy atom. The minimum atomic E-state index is -0.0321. The quantitative estimate of drug-likeness (QED) is 0.834. The lowest BCUT2D eigenvalue weighted by molar-refractivity contribution is -0.695. The molecule has 0 bridgehead atoms. The van der Waals surface area contributed by atoms with Gasteiger partial charge < -0.3 is 5.32 Å². The summed E-state index contributed by atoms with van der Waals surface area (Å²) in [5, 5.41) is 12.5. The van der Waals surface area contributed by atoms with Crippen molar-refractivity contribution in [1.29, 1.82) is 0 Å². The summed E-state index contributed by atoms with van der Waals surface area (Å²) in [6.07, 6.45) is 5.28. The summed E-state index contributed by atoms with van der Waals surface area (Å²) < 4.78 is 2.00. The van der Waals surface area contributed by atoms with Crippen molar-refractivity contribution >= 4 is 22.4 Å². The number of anilines is 1. The van der Waals surface area contributed by atoms with Crippen LogP contribution in [0.2, 0.25) is 0 Å². The van der Waals surface area contributed by atoms with Gasteiger partial charge in [0.05, 0.1) is 6.42 Å². The second-order valence-electron chi connectivity index (χ2n) is 5.51. The Balaban J connectivity index is 1.81. The summed E-state index contributed by atoms with van der Waals surface area (Å²) in [6, 6.07) is 4.06. The number of rotatable bonds is 6. The third-order valence-electron chi connectivity index (χ3n) is 2.95. The molecule has 0 spiro atoms. The highest BCUT2D eigenvalue weighted by Crippen LogP contribution is 2.18. The number of carbonyl (C=O) groups is 1. The van der Waals surface area contributed by atoms with E-state index in [2.05, 4.69) is 29.4 Å². The Kier molecular flexibility index (Phi) is 5.38. The first-order chi connectivity index (χ1) is 10.0. The van der Waals surface area contributed by atoms with Crippen LogP contribution in [0.3, 0.4) is 0 Å². The van der Waals surface area contributed by atoms with Crippen LogP contribution < -0.4 is 9.88 Å². The van der Waals surface area contributed by atoms with Gasteiger partial charge in [-0.25, -0.2) is 4.57 Å². The normalized spacial score (nSPS) is 10.9. The predicted molar refractivity (Wildman–Crippen MR) is 83.1 cm³/mol. The monoisotopic (exact) mass is 305 g/mol. The fraction of sp³-hybridized carbons (Fsp3) is 0.467. The van der Waals surface area contributed by atoms with E-state index in [-0.39, 0.29) is 5.91 Å². The molecule has 2 aromatic heterocycles. The third-order valence-corrected chi connectivity index (χ3v) is 3.81. The summed E-state index contributed by atoms with van der Waals surface area (Å²) in [6.45, 7) is 6.97. The number of hydrogen-bond donors (Lipinski definition) is 1. The van der Waals surface area contributed by atoms with E-state index in [1.54, 1.807) is 0 Å². The number of aryl methyl sites for hydroxylation is 2. The van der Waals surface area contributed by atoms with E-state index >= 15 is 0 Å². The SMILES string of the molecule is Cc1cc[n+](CCC(=O)Nc2nnc(CC(C)C)s2)cc1. The molecule has 0 aromatic carbocycles. The van der Waals surface area contributed by atoms with E-state index in [0.29, 0.717) is 24.0 Å². The molecule has 1 N–H and O–H groups in total. The molecule has 6 heteroatoms. The first-order valence-corrected chi connectivity index (χ1v) is 7.92. The van der Waals surface area contributed by atoms with E-state index in [0.717, 1.165) is 11.4 Å². The predicted octanol–water partition coefficient (Wildman–Crippen LogP) is 2.36. The molecular formula is C15H21N4OS+. The van der Waals surface area contributed by atoms with Gasteiger partial charge in [0.2, 0.25) is 11.0 Å². The number of amides is 1. The second-order valence-corrected chi connectivity index (χ2v) is 6.57. The van der Waals surface area contributed by atoms with Crippen LogP contribution in [-0.4, -0.2) is 16.1 Å². The molecule has 2 heterocycles. The molecule has 0 fully saturated rings. The number of carbonyl (C=O) groups excluding carboxylic acids is 1. The van der Waals surface area contributed by atoms with E-state index < -0.39 is 0 Å². The van der Waals surface area contributed by atoms with E-state index in [1.807, 2.05) is 36.0 Å². The van der Waals surface area contributed by atoms with Gasteiger partial charge in [-0.2, -0.15) is 0 Å². The zero-order valence-electron chi connectivity index (χ0n) is 12.7. The van der Waals surface area contributed by atoms with Crippen molar-refractivity contribution in [2.24, 2.45) is 5.92 Å². The number of hydrogen-bond acceptors (Lipinski definition) is 4. The van der Waals surface area contributed by atoms with Crippen molar-refractivity contribution in [3.05, 3.63) is 35.1 Å². The lowest BCUT2D eigenvalue weighted by Gasteiger charge is -1.99. The molecule has 2 aromatic rings. The molecule has 0 radical (unpaired) electrons. The van der Waals surface area contributed by atoms with Crippen molar-refractivity contribution < 1.29 is 9.36 Å². The molecule has 0 aliphatic rings. The molecule has 112 valence electrons. The first-order valence-electron chi connectivity index (χ1n) is 7.11. The van der Waals surface area contributed by atoms with Gasteiger partial charge in [0.25, 0.3) is 0 Å². The largest absolute Gasteiger partial charge is 0.300 e. The van der Waals surface area contributed by atoms with Crippen LogP contribution in [0.5, 0.6) is 0 Å². The lowest BCUT2D eigenvalue weighted by atomic mass is 10.1. The standard InChI is InChI=1S/C15H20N4OS/c1-11(2)10-14-17-18-15(21-14)16-13(20)6-9-19-7-4-12(3)5-8-19/h4-5,7-8,11H,6,9-10H2,1-3H3/p+1. The topological polar surface area (TPSA) is 58.8 Å². The van der Waals surface area contributed by atoms with Gasteiger partial charge in [0, 0.05) is 18.6 Å². The van der Waals surface area contributed by atoms with Gasteiger partial charge in [0.15, 0.2) is 18.9 Å². The summed E-state index contributed by atoms with van der Waals surface area (Å²) >= 11 is 1.45. The van der Waals surface area contributed by atoms with E-state index in [1.165, 1.54) is 16.9 Å². The van der Waals surface area contributed by atoms with Crippen molar-refractivity contribution in [3.8, 4) is 0 Å². The summed E-state index contributed by atoms with van der Waals surface area (Å²) in [5.74, 6) is 0.509. The maximum atomic E-state index is 11.9. The average molecular weight is 305 g/mol. The van der Waals surface area contributed by atoms with Crippen molar-refractivity contribution in [1.82, 2.24) is 10.2 Å². The molecule has 5 nitrogen and oxygen atoms in total. The zero-order chi connectivity index (χ0) is 15.2. The average Bonchev–Trinajstić information content (AvgIpc) is 2.84. The van der Waals surface area contributed by atoms with Crippen LogP contribution in [0.15, 0.2) is 24.5 Å². The Bertz CT molecular complexity index is 592. The molecule has 2 rings (SSSR count). The smallest absolute Gasteiger partial charge is 0.232 e. The fourth-order valence-electron chi connectivity index (χ4n) is 1.83. The zero-order valence-corrected chi connectivity index (χ0v) is 13.5. The Morgan fingerprint density at radius 1 is 1.33 bits per heavy atom. The number of pyridine rings is 1. The van der Waals surface area contributed by atoms with Crippen LogP contribution >= 0.6 is 11.3 Å². The highest BCUT2D eigenvalue weighted by molar-refractivity contribution is 7.15. The molecule has 21 heavy (non-hydrogen) atoms. The third kappa shape index (κ3) is 5.23. The second kappa shape index (κ2) is 7.26. The Labute approximate surface area is 129 Å². The maximum Gasteiger partial charge on any atom is 0.232 e. The fourth-order valence-corrected chi connectivity index (χ4v) is 2.80. The number of nitrogens with zero attached hydrogens (tertiary/aromatic N) is 3. The van der Waals surface area contributed by atoms with Crippen LogP contribution in [0.4, 0.5) is 5.13 Å². The lowest BCUT2D eigenvalue weighted by Crippen LogP contribution is -2.34. The molecule has 0 unspecified atom stereocenters.